The largest absolute Gasteiger partial charge is 0.326 e. The highest BCUT2D eigenvalue weighted by atomic mass is 35.5. The zero-order chi connectivity index (χ0) is 25.7. The van der Waals surface area contributed by atoms with Crippen LogP contribution in [0.3, 0.4) is 0 Å². The lowest BCUT2D eigenvalue weighted by atomic mass is 9.99. The summed E-state index contributed by atoms with van der Waals surface area (Å²) in [6.07, 6.45) is 0.0335. The van der Waals surface area contributed by atoms with Crippen LogP contribution in [0.2, 0.25) is 15.1 Å². The Morgan fingerprint density at radius 2 is 1.54 bits per heavy atom. The number of hydrogen-bond donors (Lipinski definition) is 1. The molecule has 0 radical (unpaired) electrons. The molecule has 2 atom stereocenters. The van der Waals surface area contributed by atoms with E-state index in [1.54, 1.807) is 50.2 Å². The summed E-state index contributed by atoms with van der Waals surface area (Å²) < 4.78 is 12.6. The molecule has 1 saturated carbocycles. The van der Waals surface area contributed by atoms with Gasteiger partial charge in [0.1, 0.15) is 10.2 Å². The molecule has 35 heavy (non-hydrogen) atoms. The zero-order valence-corrected chi connectivity index (χ0v) is 22.3. The fourth-order valence-corrected chi connectivity index (χ4v) is 5.87. The van der Waals surface area contributed by atoms with E-state index < -0.39 is 22.1 Å². The molecular formula is C26H19Cl5FNO2. The molecule has 1 amide bonds. The van der Waals surface area contributed by atoms with E-state index in [1.807, 2.05) is 0 Å². The number of amides is 1. The number of ketones is 1. The number of benzene rings is 3. The van der Waals surface area contributed by atoms with Gasteiger partial charge in [-0.3, -0.25) is 9.59 Å². The molecule has 182 valence electrons. The predicted molar refractivity (Wildman–Crippen MR) is 141 cm³/mol. The first-order valence-electron chi connectivity index (χ1n) is 10.6. The highest BCUT2D eigenvalue weighted by Crippen LogP contribution is 2.65. The second kappa shape index (κ2) is 9.91. The fourth-order valence-electron chi connectivity index (χ4n) is 4.28. The van der Waals surface area contributed by atoms with E-state index in [0.717, 1.165) is 0 Å². The fraction of sp³-hybridized carbons (Fsp3) is 0.231. The molecule has 1 N–H and O–H groups in total. The average molecular weight is 574 g/mol. The number of hydrogen-bond acceptors (Lipinski definition) is 2. The molecule has 9 heteroatoms. The van der Waals surface area contributed by atoms with Gasteiger partial charge in [0.2, 0.25) is 5.91 Å². The van der Waals surface area contributed by atoms with Gasteiger partial charge in [-0.05, 0) is 72.5 Å². The van der Waals surface area contributed by atoms with Gasteiger partial charge in [0, 0.05) is 33.6 Å². The van der Waals surface area contributed by atoms with Crippen LogP contribution in [-0.2, 0) is 11.2 Å². The van der Waals surface area contributed by atoms with Crippen molar-refractivity contribution in [2.24, 2.45) is 5.92 Å². The Kier molecular flexibility index (Phi) is 7.43. The van der Waals surface area contributed by atoms with Gasteiger partial charge >= 0.3 is 0 Å². The monoisotopic (exact) mass is 571 g/mol. The van der Waals surface area contributed by atoms with Gasteiger partial charge in [-0.1, -0.05) is 46.9 Å². The maximum atomic E-state index is 13.9. The summed E-state index contributed by atoms with van der Waals surface area (Å²) in [6.45, 7) is 3.30. The molecule has 3 nitrogen and oxygen atoms in total. The third-order valence-electron chi connectivity index (χ3n) is 5.98. The Morgan fingerprint density at radius 1 is 0.943 bits per heavy atom. The summed E-state index contributed by atoms with van der Waals surface area (Å²) in [5.74, 6) is -2.22. The maximum Gasteiger partial charge on any atom is 0.231 e. The van der Waals surface area contributed by atoms with Crippen molar-refractivity contribution in [3.63, 3.8) is 0 Å². The predicted octanol–water partition coefficient (Wildman–Crippen LogP) is 8.35. The van der Waals surface area contributed by atoms with Crippen molar-refractivity contribution in [3.8, 4) is 0 Å². The Morgan fingerprint density at radius 3 is 2.14 bits per heavy atom. The number of nitrogens with one attached hydrogen (secondary N) is 1. The van der Waals surface area contributed by atoms with Crippen LogP contribution in [0.4, 0.5) is 10.1 Å². The summed E-state index contributed by atoms with van der Waals surface area (Å²) in [6, 6.07) is 12.8. The quantitative estimate of drug-likeness (QED) is 0.238. The van der Waals surface area contributed by atoms with E-state index in [1.165, 1.54) is 12.1 Å². The minimum absolute atomic E-state index is 0.0335. The number of alkyl halides is 2. The molecule has 1 aliphatic rings. The van der Waals surface area contributed by atoms with Gasteiger partial charge in [0.05, 0.1) is 10.9 Å². The van der Waals surface area contributed by atoms with E-state index in [-0.39, 0.29) is 28.6 Å². The number of carbonyl (C=O) groups excluding carboxylic acids is 2. The summed E-state index contributed by atoms with van der Waals surface area (Å²) in [5.41, 5.74) is 2.86. The number of anilines is 1. The Balaban J connectivity index is 1.52. The molecule has 3 aromatic rings. The van der Waals surface area contributed by atoms with Crippen LogP contribution < -0.4 is 5.32 Å². The van der Waals surface area contributed by atoms with E-state index in [0.29, 0.717) is 38.0 Å². The normalized spacial score (nSPS) is 18.3. The molecule has 1 aliphatic carbocycles. The van der Waals surface area contributed by atoms with Crippen LogP contribution in [0, 0.1) is 25.6 Å². The Hall–Kier alpha value is -1.82. The minimum atomic E-state index is -1.33. The first-order valence-corrected chi connectivity index (χ1v) is 12.5. The van der Waals surface area contributed by atoms with Gasteiger partial charge in [0.25, 0.3) is 0 Å². The van der Waals surface area contributed by atoms with Crippen LogP contribution in [0.25, 0.3) is 0 Å². The van der Waals surface area contributed by atoms with Crippen molar-refractivity contribution in [2.75, 3.05) is 5.32 Å². The van der Waals surface area contributed by atoms with Crippen LogP contribution in [-0.4, -0.2) is 16.0 Å². The molecule has 0 heterocycles. The van der Waals surface area contributed by atoms with Crippen molar-refractivity contribution in [1.29, 1.82) is 0 Å². The smallest absolute Gasteiger partial charge is 0.231 e. The average Bonchev–Trinajstić information content (AvgIpc) is 3.34. The Bertz CT molecular complexity index is 1310. The van der Waals surface area contributed by atoms with Crippen molar-refractivity contribution in [3.05, 3.63) is 97.2 Å². The van der Waals surface area contributed by atoms with Gasteiger partial charge in [-0.25, -0.2) is 4.39 Å². The topological polar surface area (TPSA) is 46.2 Å². The maximum absolute atomic E-state index is 13.9. The summed E-state index contributed by atoms with van der Waals surface area (Å²) in [4.78, 5) is 26.0. The lowest BCUT2D eigenvalue weighted by Gasteiger charge is -2.10. The van der Waals surface area contributed by atoms with Gasteiger partial charge < -0.3 is 5.32 Å². The molecule has 3 aromatic carbocycles. The van der Waals surface area contributed by atoms with Crippen LogP contribution in [0.1, 0.15) is 38.5 Å². The van der Waals surface area contributed by atoms with E-state index in [9.17, 15) is 14.0 Å². The lowest BCUT2D eigenvalue weighted by molar-refractivity contribution is -0.117. The highest BCUT2D eigenvalue weighted by molar-refractivity contribution is 6.53. The zero-order valence-electron chi connectivity index (χ0n) is 18.6. The summed E-state index contributed by atoms with van der Waals surface area (Å²) in [7, 11) is 0. The van der Waals surface area contributed by atoms with Gasteiger partial charge in [0.15, 0.2) is 5.78 Å². The van der Waals surface area contributed by atoms with Crippen molar-refractivity contribution < 1.29 is 14.0 Å². The number of aryl methyl sites for hydroxylation is 2. The van der Waals surface area contributed by atoms with Crippen LogP contribution in [0.15, 0.2) is 48.5 Å². The SMILES string of the molecule is Cc1cc(CC(=O)c2cc(NC(=O)C3C(c4cc(Cl)cc(Cl)c4)C3(Cl)Cl)ccc2Cl)cc(C)c1F. The van der Waals surface area contributed by atoms with E-state index >= 15 is 0 Å². The Labute approximate surface area is 227 Å². The van der Waals surface area contributed by atoms with Gasteiger partial charge in [-0.15, -0.1) is 23.2 Å². The van der Waals surface area contributed by atoms with Crippen molar-refractivity contribution in [2.45, 2.75) is 30.5 Å². The molecule has 4 rings (SSSR count). The van der Waals surface area contributed by atoms with Crippen LogP contribution in [0.5, 0.6) is 0 Å². The molecule has 2 unspecified atom stereocenters. The first kappa shape index (κ1) is 26.2. The second-order valence-corrected chi connectivity index (χ2v) is 11.4. The second-order valence-electron chi connectivity index (χ2n) is 8.66. The number of carbonyl (C=O) groups is 2. The summed E-state index contributed by atoms with van der Waals surface area (Å²) in [5, 5.41) is 3.83. The molecule has 0 saturated heterocycles. The van der Waals surface area contributed by atoms with Crippen molar-refractivity contribution in [1.82, 2.24) is 0 Å². The first-order chi connectivity index (χ1) is 16.4. The van der Waals surface area contributed by atoms with Crippen molar-refractivity contribution >= 4 is 75.4 Å². The van der Waals surface area contributed by atoms with E-state index in [2.05, 4.69) is 5.32 Å². The summed E-state index contributed by atoms with van der Waals surface area (Å²) >= 11 is 31.3. The molecule has 0 aromatic heterocycles. The third-order valence-corrected chi connectivity index (χ3v) is 7.68. The third kappa shape index (κ3) is 5.47. The molecule has 0 spiro atoms. The lowest BCUT2D eigenvalue weighted by Crippen LogP contribution is -2.17. The number of halogens is 6. The van der Waals surface area contributed by atoms with Gasteiger partial charge in [-0.2, -0.15) is 0 Å². The van der Waals surface area contributed by atoms with Crippen LogP contribution >= 0.6 is 58.0 Å². The number of rotatable bonds is 6. The highest BCUT2D eigenvalue weighted by Gasteiger charge is 2.67. The van der Waals surface area contributed by atoms with E-state index in [4.69, 9.17) is 58.0 Å². The molecule has 0 aliphatic heterocycles. The number of Topliss-reactive ketones (excluding diaryl/α,β-unsaturated/α-hetero) is 1. The molecule has 1 fully saturated rings. The standard InChI is InChI=1S/C26H19Cl5FNO2/c1-12-5-14(6-13(2)24(12)32)7-21(34)19-11-18(3-4-20(19)29)33-25(35)23-22(26(23,30)31)15-8-16(27)10-17(28)9-15/h3-6,8-11,22-23H,7H2,1-2H3,(H,33,35). The molecular weight excluding hydrogens is 555 g/mol. The minimum Gasteiger partial charge on any atom is -0.326 e. The molecule has 0 bridgehead atoms.